The van der Waals surface area contributed by atoms with E-state index in [4.69, 9.17) is 11.6 Å². The minimum atomic E-state index is -3.36. The minimum Gasteiger partial charge on any atom is -0.280 e. The summed E-state index contributed by atoms with van der Waals surface area (Å²) < 4.78 is 33.4. The zero-order valence-corrected chi connectivity index (χ0v) is 10.7. The number of hydrogen-bond acceptors (Lipinski definition) is 5. The van der Waals surface area contributed by atoms with Gasteiger partial charge in [0, 0.05) is 0 Å². The van der Waals surface area contributed by atoms with Crippen molar-refractivity contribution < 1.29 is 8.42 Å². The number of fused-ring (bicyclic) bond motifs is 1. The lowest BCUT2D eigenvalue weighted by Crippen LogP contribution is -2.15. The molecule has 0 bridgehead atoms. The highest BCUT2D eigenvalue weighted by atomic mass is 35.5. The molecule has 0 saturated carbocycles. The minimum absolute atomic E-state index is 0.0166. The summed E-state index contributed by atoms with van der Waals surface area (Å²) in [7, 11) is -3.36. The summed E-state index contributed by atoms with van der Waals surface area (Å²) in [5.41, 5.74) is 1.41. The topological polar surface area (TPSA) is 72.0 Å². The van der Waals surface area contributed by atoms with Crippen molar-refractivity contribution in [2.24, 2.45) is 0 Å². The standard InChI is InChI=1S/C8H8ClN3O2S2/c1-2-16(13,14)12-7-5(9)3-4-6-8(7)11-15-10-6/h3-4,12H,2H2,1H3. The number of benzene rings is 1. The van der Waals surface area contributed by atoms with Crippen LogP contribution >= 0.6 is 23.3 Å². The quantitative estimate of drug-likeness (QED) is 0.933. The van der Waals surface area contributed by atoms with Crippen LogP contribution in [0.15, 0.2) is 12.1 Å². The van der Waals surface area contributed by atoms with Gasteiger partial charge in [-0.2, -0.15) is 8.75 Å². The van der Waals surface area contributed by atoms with Gasteiger partial charge in [0.2, 0.25) is 10.0 Å². The van der Waals surface area contributed by atoms with Gasteiger partial charge in [-0.3, -0.25) is 4.72 Å². The third-order valence-electron chi connectivity index (χ3n) is 2.01. The number of aromatic nitrogens is 2. The molecule has 0 spiro atoms. The van der Waals surface area contributed by atoms with Gasteiger partial charge in [0.15, 0.2) is 0 Å². The van der Waals surface area contributed by atoms with Crippen molar-refractivity contribution in [3.05, 3.63) is 17.2 Å². The molecule has 0 fully saturated rings. The van der Waals surface area contributed by atoms with Crippen molar-refractivity contribution in [2.45, 2.75) is 6.92 Å². The van der Waals surface area contributed by atoms with Gasteiger partial charge >= 0.3 is 0 Å². The normalized spacial score (nSPS) is 11.9. The number of rotatable bonds is 3. The van der Waals surface area contributed by atoms with Crippen LogP contribution in [0.4, 0.5) is 5.69 Å². The molecular formula is C8H8ClN3O2S2. The fourth-order valence-electron chi connectivity index (χ4n) is 1.15. The first kappa shape index (κ1) is 11.6. The zero-order chi connectivity index (χ0) is 11.8. The SMILES string of the molecule is CCS(=O)(=O)Nc1c(Cl)ccc2nsnc12. The smallest absolute Gasteiger partial charge is 0.232 e. The van der Waals surface area contributed by atoms with Crippen LogP contribution in [0.3, 0.4) is 0 Å². The van der Waals surface area contributed by atoms with Gasteiger partial charge in [-0.1, -0.05) is 11.6 Å². The first-order chi connectivity index (χ1) is 7.53. The highest BCUT2D eigenvalue weighted by Crippen LogP contribution is 2.30. The molecule has 1 aromatic carbocycles. The average Bonchev–Trinajstić information content (AvgIpc) is 2.70. The first-order valence-electron chi connectivity index (χ1n) is 4.45. The van der Waals surface area contributed by atoms with Crippen LogP contribution in [-0.4, -0.2) is 22.9 Å². The summed E-state index contributed by atoms with van der Waals surface area (Å²) in [4.78, 5) is 0. The molecule has 0 aliphatic heterocycles. The molecule has 16 heavy (non-hydrogen) atoms. The van der Waals surface area contributed by atoms with Crippen LogP contribution in [-0.2, 0) is 10.0 Å². The number of hydrogen-bond donors (Lipinski definition) is 1. The monoisotopic (exact) mass is 277 g/mol. The van der Waals surface area contributed by atoms with Crippen LogP contribution in [0.25, 0.3) is 11.0 Å². The number of sulfonamides is 1. The predicted molar refractivity (Wildman–Crippen MR) is 65.5 cm³/mol. The van der Waals surface area contributed by atoms with E-state index in [0.29, 0.717) is 21.7 Å². The lowest BCUT2D eigenvalue weighted by Gasteiger charge is -2.07. The fourth-order valence-corrected chi connectivity index (χ4v) is 2.61. The van der Waals surface area contributed by atoms with Crippen molar-refractivity contribution in [1.82, 2.24) is 8.75 Å². The molecule has 1 aromatic heterocycles. The lowest BCUT2D eigenvalue weighted by molar-refractivity contribution is 0.602. The van der Waals surface area contributed by atoms with Crippen LogP contribution in [0.2, 0.25) is 5.02 Å². The molecule has 86 valence electrons. The Morgan fingerprint density at radius 3 is 2.88 bits per heavy atom. The first-order valence-corrected chi connectivity index (χ1v) is 7.21. The summed E-state index contributed by atoms with van der Waals surface area (Å²) >= 11 is 6.95. The third-order valence-corrected chi connectivity index (χ3v) is 4.15. The maximum Gasteiger partial charge on any atom is 0.232 e. The maximum atomic E-state index is 11.5. The predicted octanol–water partition coefficient (Wildman–Crippen LogP) is 2.11. The molecule has 0 unspecified atom stereocenters. The van der Waals surface area contributed by atoms with Gasteiger partial charge in [0.1, 0.15) is 11.0 Å². The molecule has 0 saturated heterocycles. The number of nitrogens with zero attached hydrogens (tertiary/aromatic N) is 2. The maximum absolute atomic E-state index is 11.5. The number of halogens is 1. The zero-order valence-electron chi connectivity index (χ0n) is 8.27. The van der Waals surface area contributed by atoms with E-state index in [1.54, 1.807) is 19.1 Å². The van der Waals surface area contributed by atoms with Crippen LogP contribution < -0.4 is 4.72 Å². The molecule has 0 aliphatic carbocycles. The molecule has 1 heterocycles. The van der Waals surface area contributed by atoms with E-state index >= 15 is 0 Å². The molecule has 2 rings (SSSR count). The van der Waals surface area contributed by atoms with Gasteiger partial charge < -0.3 is 0 Å². The molecule has 2 aromatic rings. The Balaban J connectivity index is 2.58. The Kier molecular flexibility index (Phi) is 3.00. The molecule has 5 nitrogen and oxygen atoms in total. The number of anilines is 1. The Morgan fingerprint density at radius 1 is 1.44 bits per heavy atom. The van der Waals surface area contributed by atoms with Crippen molar-refractivity contribution in [3.8, 4) is 0 Å². The Hall–Kier alpha value is -0.920. The third kappa shape index (κ3) is 2.11. The highest BCUT2D eigenvalue weighted by Gasteiger charge is 2.15. The molecule has 0 atom stereocenters. The van der Waals surface area contributed by atoms with Crippen molar-refractivity contribution >= 4 is 50.1 Å². The molecule has 0 radical (unpaired) electrons. The second kappa shape index (κ2) is 4.15. The molecule has 8 heteroatoms. The van der Waals surface area contributed by atoms with E-state index in [-0.39, 0.29) is 5.75 Å². The van der Waals surface area contributed by atoms with Gasteiger partial charge in [0.25, 0.3) is 0 Å². The van der Waals surface area contributed by atoms with E-state index in [0.717, 1.165) is 11.7 Å². The average molecular weight is 278 g/mol. The van der Waals surface area contributed by atoms with Crippen LogP contribution in [0.5, 0.6) is 0 Å². The van der Waals surface area contributed by atoms with Crippen LogP contribution in [0, 0.1) is 0 Å². The summed E-state index contributed by atoms with van der Waals surface area (Å²) in [6, 6.07) is 3.30. The van der Waals surface area contributed by atoms with Crippen molar-refractivity contribution in [2.75, 3.05) is 10.5 Å². The van der Waals surface area contributed by atoms with E-state index in [1.165, 1.54) is 0 Å². The molecule has 1 N–H and O–H groups in total. The Bertz CT molecular complexity index is 623. The van der Waals surface area contributed by atoms with Gasteiger partial charge in [0.05, 0.1) is 28.2 Å². The second-order valence-corrected chi connectivity index (χ2v) is 6.01. The van der Waals surface area contributed by atoms with E-state index in [9.17, 15) is 8.42 Å². The highest BCUT2D eigenvalue weighted by molar-refractivity contribution is 7.92. The Labute approximate surface area is 102 Å². The molecule has 0 amide bonds. The largest absolute Gasteiger partial charge is 0.280 e. The summed E-state index contributed by atoms with van der Waals surface area (Å²) in [5, 5.41) is 0.317. The summed E-state index contributed by atoms with van der Waals surface area (Å²) in [5.74, 6) is -0.0166. The summed E-state index contributed by atoms with van der Waals surface area (Å²) in [6.45, 7) is 1.55. The summed E-state index contributed by atoms with van der Waals surface area (Å²) in [6.07, 6.45) is 0. The van der Waals surface area contributed by atoms with E-state index < -0.39 is 10.0 Å². The van der Waals surface area contributed by atoms with Crippen LogP contribution in [0.1, 0.15) is 6.92 Å². The number of nitrogens with one attached hydrogen (secondary N) is 1. The van der Waals surface area contributed by atoms with Gasteiger partial charge in [-0.25, -0.2) is 8.42 Å². The van der Waals surface area contributed by atoms with Crippen molar-refractivity contribution in [3.63, 3.8) is 0 Å². The van der Waals surface area contributed by atoms with Gasteiger partial charge in [-0.15, -0.1) is 0 Å². The van der Waals surface area contributed by atoms with E-state index in [2.05, 4.69) is 13.5 Å². The molecule has 0 aliphatic rings. The van der Waals surface area contributed by atoms with Gasteiger partial charge in [-0.05, 0) is 19.1 Å². The van der Waals surface area contributed by atoms with Crippen molar-refractivity contribution in [1.29, 1.82) is 0 Å². The second-order valence-electron chi connectivity index (χ2n) is 3.06. The Morgan fingerprint density at radius 2 is 2.19 bits per heavy atom. The van der Waals surface area contributed by atoms with E-state index in [1.807, 2.05) is 0 Å². The molecular weight excluding hydrogens is 270 g/mol. The fraction of sp³-hybridized carbons (Fsp3) is 0.250. The lowest BCUT2D eigenvalue weighted by atomic mass is 10.3.